The summed E-state index contributed by atoms with van der Waals surface area (Å²) in [7, 11) is 1.64. The van der Waals surface area contributed by atoms with E-state index in [0.29, 0.717) is 17.4 Å². The van der Waals surface area contributed by atoms with Gasteiger partial charge in [-0.05, 0) is 12.1 Å². The lowest BCUT2D eigenvalue weighted by atomic mass is 10.2. The molecule has 0 bridgehead atoms. The zero-order valence-corrected chi connectivity index (χ0v) is 10.7. The minimum atomic E-state index is 0.539. The molecular formula is C12H15Cl2NO. The van der Waals surface area contributed by atoms with E-state index in [4.69, 9.17) is 27.9 Å². The standard InChI is InChI=1S/C12H15Cl2NO/c1-16-12-6-4-5-11(14)10(12)9-15-8-3-2-7-13/h2-6,15H,7-9H2,1H3/b3-2+. The first-order valence-corrected chi connectivity index (χ1v) is 5.94. The summed E-state index contributed by atoms with van der Waals surface area (Å²) in [5, 5.41) is 3.96. The molecule has 0 atom stereocenters. The molecule has 1 aromatic carbocycles. The van der Waals surface area contributed by atoms with Crippen molar-refractivity contribution in [2.24, 2.45) is 0 Å². The highest BCUT2D eigenvalue weighted by atomic mass is 35.5. The maximum absolute atomic E-state index is 6.09. The molecule has 0 saturated heterocycles. The van der Waals surface area contributed by atoms with Crippen LogP contribution in [0.4, 0.5) is 0 Å². The number of halogens is 2. The number of hydrogen-bond acceptors (Lipinski definition) is 2. The summed E-state index contributed by atoms with van der Waals surface area (Å²) in [5.74, 6) is 1.35. The number of ether oxygens (including phenoxy) is 1. The second kappa shape index (κ2) is 7.55. The third kappa shape index (κ3) is 4.05. The van der Waals surface area contributed by atoms with E-state index in [0.717, 1.165) is 17.9 Å². The molecule has 16 heavy (non-hydrogen) atoms. The van der Waals surface area contributed by atoms with Crippen LogP contribution in [-0.4, -0.2) is 19.5 Å². The van der Waals surface area contributed by atoms with E-state index in [2.05, 4.69) is 5.32 Å². The minimum Gasteiger partial charge on any atom is -0.496 e. The van der Waals surface area contributed by atoms with Crippen LogP contribution in [0.25, 0.3) is 0 Å². The van der Waals surface area contributed by atoms with Gasteiger partial charge in [0.1, 0.15) is 5.75 Å². The van der Waals surface area contributed by atoms with Crippen LogP contribution in [0.1, 0.15) is 5.56 Å². The van der Waals surface area contributed by atoms with Gasteiger partial charge in [0, 0.05) is 29.6 Å². The first-order valence-electron chi connectivity index (χ1n) is 5.02. The number of nitrogens with one attached hydrogen (secondary N) is 1. The summed E-state index contributed by atoms with van der Waals surface area (Å²) >= 11 is 11.6. The second-order valence-corrected chi connectivity index (χ2v) is 3.89. The fourth-order valence-corrected chi connectivity index (χ4v) is 1.69. The van der Waals surface area contributed by atoms with Crippen molar-refractivity contribution in [1.29, 1.82) is 0 Å². The van der Waals surface area contributed by atoms with Gasteiger partial charge < -0.3 is 10.1 Å². The summed E-state index contributed by atoms with van der Waals surface area (Å²) in [5.41, 5.74) is 0.978. The zero-order valence-electron chi connectivity index (χ0n) is 9.17. The first kappa shape index (κ1) is 13.4. The summed E-state index contributed by atoms with van der Waals surface area (Å²) in [6.45, 7) is 1.44. The molecule has 0 heterocycles. The summed E-state index contributed by atoms with van der Waals surface area (Å²) in [6.07, 6.45) is 3.88. The van der Waals surface area contributed by atoms with Gasteiger partial charge in [-0.2, -0.15) is 0 Å². The number of hydrogen-bond donors (Lipinski definition) is 1. The monoisotopic (exact) mass is 259 g/mol. The molecule has 0 aliphatic heterocycles. The second-order valence-electron chi connectivity index (χ2n) is 3.18. The average Bonchev–Trinajstić information content (AvgIpc) is 2.30. The van der Waals surface area contributed by atoms with Gasteiger partial charge in [-0.25, -0.2) is 0 Å². The molecule has 0 aromatic heterocycles. The molecule has 0 unspecified atom stereocenters. The van der Waals surface area contributed by atoms with Crippen LogP contribution in [0.5, 0.6) is 5.75 Å². The minimum absolute atomic E-state index is 0.539. The largest absolute Gasteiger partial charge is 0.496 e. The van der Waals surface area contributed by atoms with Crippen molar-refractivity contribution >= 4 is 23.2 Å². The SMILES string of the molecule is COc1cccc(Cl)c1CNC/C=C/CCl. The maximum atomic E-state index is 6.09. The number of alkyl halides is 1. The quantitative estimate of drug-likeness (QED) is 0.481. The predicted molar refractivity (Wildman–Crippen MR) is 69.6 cm³/mol. The topological polar surface area (TPSA) is 21.3 Å². The van der Waals surface area contributed by atoms with Crippen molar-refractivity contribution in [3.05, 3.63) is 40.9 Å². The van der Waals surface area contributed by atoms with Crippen LogP contribution >= 0.6 is 23.2 Å². The molecule has 0 aliphatic rings. The van der Waals surface area contributed by atoms with Crippen LogP contribution in [0.3, 0.4) is 0 Å². The fraction of sp³-hybridized carbons (Fsp3) is 0.333. The van der Waals surface area contributed by atoms with E-state index in [1.54, 1.807) is 7.11 Å². The van der Waals surface area contributed by atoms with E-state index in [1.807, 2.05) is 30.4 Å². The molecular weight excluding hydrogens is 245 g/mol. The van der Waals surface area contributed by atoms with Crippen molar-refractivity contribution in [2.45, 2.75) is 6.54 Å². The average molecular weight is 260 g/mol. The van der Waals surface area contributed by atoms with Gasteiger partial charge in [0.2, 0.25) is 0 Å². The Balaban J connectivity index is 2.55. The van der Waals surface area contributed by atoms with Gasteiger partial charge in [-0.15, -0.1) is 11.6 Å². The van der Waals surface area contributed by atoms with Crippen molar-refractivity contribution in [2.75, 3.05) is 19.5 Å². The highest BCUT2D eigenvalue weighted by molar-refractivity contribution is 6.31. The predicted octanol–water partition coefficient (Wildman–Crippen LogP) is 3.23. The Morgan fingerprint density at radius 2 is 2.19 bits per heavy atom. The first-order chi connectivity index (χ1) is 7.79. The van der Waals surface area contributed by atoms with Crippen LogP contribution in [0.2, 0.25) is 5.02 Å². The Bertz CT molecular complexity index is 353. The van der Waals surface area contributed by atoms with Gasteiger partial charge in [0.05, 0.1) is 7.11 Å². The van der Waals surface area contributed by atoms with Gasteiger partial charge >= 0.3 is 0 Å². The third-order valence-electron chi connectivity index (χ3n) is 2.12. The van der Waals surface area contributed by atoms with Crippen molar-refractivity contribution in [3.8, 4) is 5.75 Å². The van der Waals surface area contributed by atoms with Gasteiger partial charge in [-0.1, -0.05) is 29.8 Å². The van der Waals surface area contributed by atoms with Crippen LogP contribution in [-0.2, 0) is 6.54 Å². The Labute approximate surface area is 106 Å². The maximum Gasteiger partial charge on any atom is 0.124 e. The summed E-state index contributed by atoms with van der Waals surface area (Å²) < 4.78 is 5.24. The number of rotatable bonds is 6. The van der Waals surface area contributed by atoms with Crippen molar-refractivity contribution in [1.82, 2.24) is 5.32 Å². The molecule has 0 fully saturated rings. The molecule has 0 saturated carbocycles. The Morgan fingerprint density at radius 1 is 1.38 bits per heavy atom. The van der Waals surface area contributed by atoms with Gasteiger partial charge in [0.25, 0.3) is 0 Å². The Morgan fingerprint density at radius 3 is 2.88 bits per heavy atom. The van der Waals surface area contributed by atoms with Crippen molar-refractivity contribution in [3.63, 3.8) is 0 Å². The Hall–Kier alpha value is -0.700. The summed E-state index contributed by atoms with van der Waals surface area (Å²) in [6, 6.07) is 5.63. The van der Waals surface area contributed by atoms with Gasteiger partial charge in [-0.3, -0.25) is 0 Å². The number of methoxy groups -OCH3 is 1. The van der Waals surface area contributed by atoms with Crippen molar-refractivity contribution < 1.29 is 4.74 Å². The molecule has 0 radical (unpaired) electrons. The number of allylic oxidation sites excluding steroid dienone is 1. The molecule has 1 rings (SSSR count). The summed E-state index contributed by atoms with van der Waals surface area (Å²) in [4.78, 5) is 0. The smallest absolute Gasteiger partial charge is 0.124 e. The molecule has 1 aromatic rings. The zero-order chi connectivity index (χ0) is 11.8. The lowest BCUT2D eigenvalue weighted by Crippen LogP contribution is -2.14. The van der Waals surface area contributed by atoms with E-state index < -0.39 is 0 Å². The highest BCUT2D eigenvalue weighted by Gasteiger charge is 2.05. The van der Waals surface area contributed by atoms with Crippen LogP contribution in [0, 0.1) is 0 Å². The molecule has 88 valence electrons. The van der Waals surface area contributed by atoms with Gasteiger partial charge in [0.15, 0.2) is 0 Å². The third-order valence-corrected chi connectivity index (χ3v) is 2.65. The fourth-order valence-electron chi connectivity index (χ4n) is 1.33. The normalized spacial score (nSPS) is 10.9. The lowest BCUT2D eigenvalue weighted by Gasteiger charge is -2.10. The van der Waals surface area contributed by atoms with E-state index in [9.17, 15) is 0 Å². The molecule has 0 spiro atoms. The molecule has 0 aliphatic carbocycles. The molecule has 0 amide bonds. The van der Waals surface area contributed by atoms with Crippen LogP contribution in [0.15, 0.2) is 30.4 Å². The lowest BCUT2D eigenvalue weighted by molar-refractivity contribution is 0.408. The van der Waals surface area contributed by atoms with E-state index in [1.165, 1.54) is 0 Å². The highest BCUT2D eigenvalue weighted by Crippen LogP contribution is 2.25. The van der Waals surface area contributed by atoms with E-state index in [-0.39, 0.29) is 0 Å². The van der Waals surface area contributed by atoms with E-state index >= 15 is 0 Å². The molecule has 1 N–H and O–H groups in total. The molecule has 4 heteroatoms. The van der Waals surface area contributed by atoms with Crippen LogP contribution < -0.4 is 10.1 Å². The molecule has 2 nitrogen and oxygen atoms in total. The Kier molecular flexibility index (Phi) is 6.31. The number of benzene rings is 1.